The van der Waals surface area contributed by atoms with E-state index in [9.17, 15) is 0 Å². The summed E-state index contributed by atoms with van der Waals surface area (Å²) in [5, 5.41) is 12.5. The van der Waals surface area contributed by atoms with E-state index in [1.807, 2.05) is 47.1 Å². The Hall–Kier alpha value is -3.20. The Morgan fingerprint density at radius 3 is 3.00 bits per heavy atom. The minimum absolute atomic E-state index is 0.144. The summed E-state index contributed by atoms with van der Waals surface area (Å²) >= 11 is 0. The van der Waals surface area contributed by atoms with Crippen molar-refractivity contribution < 1.29 is 4.74 Å². The van der Waals surface area contributed by atoms with Gasteiger partial charge in [0.1, 0.15) is 12.7 Å². The summed E-state index contributed by atoms with van der Waals surface area (Å²) in [5.41, 5.74) is 3.25. The number of rotatable bonds is 2. The zero-order valence-electron chi connectivity index (χ0n) is 14.8. The Morgan fingerprint density at radius 2 is 2.11 bits per heavy atom. The molecular formula is C18H18N8O. The van der Waals surface area contributed by atoms with Gasteiger partial charge in [0.05, 0.1) is 29.9 Å². The van der Waals surface area contributed by atoms with Crippen molar-refractivity contribution >= 4 is 12.2 Å². The molecule has 5 heterocycles. The minimum atomic E-state index is -0.153. The highest BCUT2D eigenvalue weighted by atomic mass is 16.5. The lowest BCUT2D eigenvalue weighted by molar-refractivity contribution is 0.117. The number of hydrazine groups is 1. The van der Waals surface area contributed by atoms with Crippen LogP contribution in [0.2, 0.25) is 0 Å². The summed E-state index contributed by atoms with van der Waals surface area (Å²) in [6.07, 6.45) is 8.27. The molecule has 3 aliphatic heterocycles. The van der Waals surface area contributed by atoms with Crippen molar-refractivity contribution in [2.24, 2.45) is 4.99 Å². The maximum Gasteiger partial charge on any atom is 0.173 e. The van der Waals surface area contributed by atoms with Crippen molar-refractivity contribution in [3.05, 3.63) is 54.2 Å². The number of fused-ring (bicyclic) bond motifs is 6. The molecule has 6 rings (SSSR count). The Kier molecular flexibility index (Phi) is 2.98. The van der Waals surface area contributed by atoms with Crippen LogP contribution in [-0.4, -0.2) is 43.7 Å². The molecule has 1 saturated heterocycles. The fourth-order valence-corrected chi connectivity index (χ4v) is 4.27. The van der Waals surface area contributed by atoms with Crippen molar-refractivity contribution in [3.63, 3.8) is 0 Å². The highest BCUT2D eigenvalue weighted by Gasteiger charge is 2.40. The van der Waals surface area contributed by atoms with E-state index in [1.54, 1.807) is 0 Å². The van der Waals surface area contributed by atoms with Gasteiger partial charge in [0.2, 0.25) is 0 Å². The number of anilines is 1. The molecular weight excluding hydrogens is 344 g/mol. The van der Waals surface area contributed by atoms with Crippen LogP contribution in [0.4, 0.5) is 5.82 Å². The standard InChI is InChI=1S/C18H18N8O/c1-12-13(6-7-27-12)16-8-21-22-26(16)24-11-20-18-14-4-2-3-5-15(14)23-10-19-9-17(23)25(18)24/h2-5,8-13,18H,6-7H2,1H3. The molecule has 1 aromatic carbocycles. The molecule has 0 saturated carbocycles. The highest BCUT2D eigenvalue weighted by molar-refractivity contribution is 5.78. The zero-order chi connectivity index (χ0) is 18.0. The largest absolute Gasteiger partial charge is 0.378 e. The molecule has 1 fully saturated rings. The van der Waals surface area contributed by atoms with E-state index in [2.05, 4.69) is 43.9 Å². The van der Waals surface area contributed by atoms with E-state index in [1.165, 1.54) is 0 Å². The molecule has 0 spiro atoms. The molecule has 0 amide bonds. The Labute approximate surface area is 155 Å². The lowest BCUT2D eigenvalue weighted by Gasteiger charge is -2.37. The first-order valence-electron chi connectivity index (χ1n) is 9.09. The first-order chi connectivity index (χ1) is 13.3. The number of aromatic nitrogens is 5. The van der Waals surface area contributed by atoms with Gasteiger partial charge in [-0.3, -0.25) is 4.57 Å². The Bertz CT molecular complexity index is 1040. The van der Waals surface area contributed by atoms with Gasteiger partial charge >= 0.3 is 0 Å². The van der Waals surface area contributed by atoms with Crippen LogP contribution in [0.15, 0.2) is 48.0 Å². The van der Waals surface area contributed by atoms with E-state index in [-0.39, 0.29) is 18.2 Å². The third kappa shape index (κ3) is 1.97. The number of hydrogen-bond acceptors (Lipinski definition) is 7. The van der Waals surface area contributed by atoms with Gasteiger partial charge in [-0.25, -0.2) is 15.0 Å². The third-order valence-corrected chi connectivity index (χ3v) is 5.60. The molecule has 2 aromatic heterocycles. The van der Waals surface area contributed by atoms with Crippen molar-refractivity contribution in [3.8, 4) is 5.69 Å². The second-order valence-corrected chi connectivity index (χ2v) is 7.00. The first-order valence-corrected chi connectivity index (χ1v) is 9.09. The maximum absolute atomic E-state index is 5.76. The summed E-state index contributed by atoms with van der Waals surface area (Å²) in [7, 11) is 0. The second-order valence-electron chi connectivity index (χ2n) is 7.00. The smallest absolute Gasteiger partial charge is 0.173 e. The average molecular weight is 362 g/mol. The quantitative estimate of drug-likeness (QED) is 0.692. The summed E-state index contributed by atoms with van der Waals surface area (Å²) in [6.45, 7) is 2.86. The molecule has 9 heteroatoms. The number of ether oxygens (including phenoxy) is 1. The van der Waals surface area contributed by atoms with Crippen molar-refractivity contribution in [1.29, 1.82) is 0 Å². The van der Waals surface area contributed by atoms with E-state index in [0.717, 1.165) is 35.8 Å². The lowest BCUT2D eigenvalue weighted by Crippen LogP contribution is -2.50. The van der Waals surface area contributed by atoms with Crippen molar-refractivity contribution in [2.75, 3.05) is 16.7 Å². The van der Waals surface area contributed by atoms with Crippen LogP contribution >= 0.6 is 0 Å². The van der Waals surface area contributed by atoms with Gasteiger partial charge in [-0.05, 0) is 24.6 Å². The SMILES string of the molecule is CC1OCCC1c1cnnn1N1C=NC2c3ccccc3-n3cncc3N21. The number of nitrogens with zero attached hydrogens (tertiary/aromatic N) is 8. The summed E-state index contributed by atoms with van der Waals surface area (Å²) < 4.78 is 7.83. The van der Waals surface area contributed by atoms with Gasteiger partial charge < -0.3 is 4.74 Å². The van der Waals surface area contributed by atoms with Crippen molar-refractivity contribution in [1.82, 2.24) is 24.7 Å². The monoisotopic (exact) mass is 362 g/mol. The minimum Gasteiger partial charge on any atom is -0.378 e. The normalized spacial score (nSPS) is 25.6. The van der Waals surface area contributed by atoms with Crippen LogP contribution in [0.3, 0.4) is 0 Å². The lowest BCUT2D eigenvalue weighted by atomic mass is 10.00. The maximum atomic E-state index is 5.76. The van der Waals surface area contributed by atoms with Gasteiger partial charge in [0.15, 0.2) is 12.0 Å². The topological polar surface area (TPSA) is 76.6 Å². The molecule has 0 bridgehead atoms. The van der Waals surface area contributed by atoms with Crippen LogP contribution in [0.25, 0.3) is 5.69 Å². The number of para-hydroxylation sites is 1. The van der Waals surface area contributed by atoms with Gasteiger partial charge in [0.25, 0.3) is 0 Å². The van der Waals surface area contributed by atoms with Crippen LogP contribution in [0.1, 0.15) is 36.7 Å². The Balaban J connectivity index is 1.47. The first kappa shape index (κ1) is 14.9. The molecule has 0 aliphatic carbocycles. The second kappa shape index (κ2) is 5.40. The summed E-state index contributed by atoms with van der Waals surface area (Å²) in [4.78, 5) is 11.0. The van der Waals surface area contributed by atoms with E-state index < -0.39 is 0 Å². The third-order valence-electron chi connectivity index (χ3n) is 5.60. The van der Waals surface area contributed by atoms with Gasteiger partial charge in [-0.2, -0.15) is 5.12 Å². The van der Waals surface area contributed by atoms with Crippen molar-refractivity contribution in [2.45, 2.75) is 31.5 Å². The van der Waals surface area contributed by atoms with Gasteiger partial charge in [-0.1, -0.05) is 18.2 Å². The number of aliphatic imine (C=N–C) groups is 1. The highest BCUT2D eigenvalue weighted by Crippen LogP contribution is 2.41. The average Bonchev–Trinajstić information content (AvgIpc) is 3.46. The molecule has 0 N–H and O–H groups in total. The number of benzene rings is 1. The van der Waals surface area contributed by atoms with Crippen LogP contribution in [0.5, 0.6) is 0 Å². The molecule has 3 aliphatic rings. The Morgan fingerprint density at radius 1 is 1.19 bits per heavy atom. The zero-order valence-corrected chi connectivity index (χ0v) is 14.8. The molecule has 3 aromatic rings. The number of imidazole rings is 1. The summed E-state index contributed by atoms with van der Waals surface area (Å²) in [5.74, 6) is 1.20. The fraction of sp³-hybridized carbons (Fsp3) is 0.333. The van der Waals surface area contributed by atoms with Crippen LogP contribution < -0.4 is 10.1 Å². The van der Waals surface area contributed by atoms with E-state index in [4.69, 9.17) is 9.73 Å². The molecule has 9 nitrogen and oxygen atoms in total. The molecule has 3 atom stereocenters. The van der Waals surface area contributed by atoms with Crippen LogP contribution in [-0.2, 0) is 4.74 Å². The number of hydrogen-bond donors (Lipinski definition) is 0. The van der Waals surface area contributed by atoms with Gasteiger partial charge in [-0.15, -0.1) is 9.89 Å². The molecule has 0 radical (unpaired) electrons. The molecule has 136 valence electrons. The fourth-order valence-electron chi connectivity index (χ4n) is 4.27. The van der Waals surface area contributed by atoms with Crippen LogP contribution in [0, 0.1) is 0 Å². The predicted molar refractivity (Wildman–Crippen MR) is 98.3 cm³/mol. The summed E-state index contributed by atoms with van der Waals surface area (Å²) in [6, 6.07) is 8.27. The molecule has 3 unspecified atom stereocenters. The molecule has 27 heavy (non-hydrogen) atoms. The van der Waals surface area contributed by atoms with E-state index in [0.29, 0.717) is 0 Å². The van der Waals surface area contributed by atoms with E-state index >= 15 is 0 Å². The van der Waals surface area contributed by atoms with Gasteiger partial charge in [0, 0.05) is 18.1 Å². The predicted octanol–water partition coefficient (Wildman–Crippen LogP) is 1.77.